The second-order valence-electron chi connectivity index (χ2n) is 21.4. The van der Waals surface area contributed by atoms with E-state index in [0.29, 0.717) is 39.7 Å². The van der Waals surface area contributed by atoms with Crippen LogP contribution >= 0.6 is 8.17 Å². The Hall–Kier alpha value is -4.90. The van der Waals surface area contributed by atoms with Crippen LogP contribution in [0.4, 0.5) is 0 Å². The number of aliphatic imine (C=N–C) groups is 3. The molecule has 0 spiro atoms. The predicted molar refractivity (Wildman–Crippen MR) is 268 cm³/mol. The molecule has 10 atom stereocenters. The Kier molecular flexibility index (Phi) is 20.1. The van der Waals surface area contributed by atoms with Crippen molar-refractivity contribution in [2.45, 2.75) is 145 Å². The Bertz CT molecular complexity index is 2380. The van der Waals surface area contributed by atoms with Crippen molar-refractivity contribution in [3.05, 3.63) is 34.3 Å². The molecule has 24 heteroatoms. The molecule has 1 radical (unpaired) electrons. The van der Waals surface area contributed by atoms with Crippen molar-refractivity contribution < 1.29 is 69.5 Å². The number of allylic oxidation sites excluding steroid dienone is 6. The van der Waals surface area contributed by atoms with Gasteiger partial charge in [0, 0.05) is 120 Å². The van der Waals surface area contributed by atoms with E-state index in [1.807, 2.05) is 54.5 Å². The van der Waals surface area contributed by atoms with Crippen LogP contribution in [0.25, 0.3) is 0 Å². The number of nitrogens with one attached hydrogen (secondary N) is 1. The number of primary amides is 6. The zero-order valence-electron chi connectivity index (χ0n) is 42.9. The maximum Gasteiger partial charge on any atom is 2.00 e. The van der Waals surface area contributed by atoms with Crippen molar-refractivity contribution in [1.82, 2.24) is 5.32 Å². The number of hydrogen-bond donors (Lipinski definition) is 11. The molecule has 22 nitrogen and oxygen atoms in total. The maximum atomic E-state index is 13.7. The summed E-state index contributed by atoms with van der Waals surface area (Å²) in [4.78, 5) is 136. The Labute approximate surface area is 432 Å². The molecule has 0 saturated heterocycles. The number of nitrogens with two attached hydrogens (primary N) is 7. The summed E-state index contributed by atoms with van der Waals surface area (Å²) in [6, 6.07) is -0.845. The van der Waals surface area contributed by atoms with Gasteiger partial charge < -0.3 is 45.5 Å². The second kappa shape index (κ2) is 23.5. The van der Waals surface area contributed by atoms with E-state index in [9.17, 15) is 48.2 Å². The van der Waals surface area contributed by atoms with Gasteiger partial charge in [-0.25, -0.2) is 0 Å². The van der Waals surface area contributed by atoms with Crippen LogP contribution in [0, 0.1) is 51.2 Å². The number of carbonyl (C=O) groups excluding carboxylic acids is 7. The van der Waals surface area contributed by atoms with Crippen LogP contribution in [0.1, 0.15) is 133 Å². The first-order chi connectivity index (χ1) is 32.6. The minimum absolute atomic E-state index is 0. The topological polar surface area (TPSA) is 421 Å². The molecule has 0 fully saturated rings. The minimum Gasteiger partial charge on any atom is -0.402 e. The Morgan fingerprint density at radius 2 is 1.25 bits per heavy atom. The second-order valence-corrected chi connectivity index (χ2v) is 22.6. The van der Waals surface area contributed by atoms with Gasteiger partial charge in [0.25, 0.3) is 0 Å². The Morgan fingerprint density at radius 1 is 0.722 bits per heavy atom. The van der Waals surface area contributed by atoms with E-state index in [4.69, 9.17) is 59.6 Å². The molecular weight excluding hydrogens is 997 g/mol. The summed E-state index contributed by atoms with van der Waals surface area (Å²) in [6.07, 6.45) is 0.113. The van der Waals surface area contributed by atoms with Gasteiger partial charge in [-0.3, -0.25) is 48.5 Å². The van der Waals surface area contributed by atoms with Gasteiger partial charge in [-0.2, -0.15) is 14.7 Å². The fourth-order valence-corrected chi connectivity index (χ4v) is 12.5. The van der Waals surface area contributed by atoms with Crippen LogP contribution in [0.5, 0.6) is 0 Å². The molecular formula is C48H77CoN11O11P+3. The van der Waals surface area contributed by atoms with Crippen molar-refractivity contribution in [3.63, 3.8) is 0 Å². The number of hydrogen-bond acceptors (Lipinski definition) is 15. The molecule has 7 amide bonds. The van der Waals surface area contributed by atoms with Crippen molar-refractivity contribution in [3.8, 4) is 0 Å². The molecule has 0 saturated carbocycles. The summed E-state index contributed by atoms with van der Waals surface area (Å²) in [5, 5.41) is 2.70. The van der Waals surface area contributed by atoms with Crippen molar-refractivity contribution in [1.29, 1.82) is 0 Å². The summed E-state index contributed by atoms with van der Waals surface area (Å²) in [5.41, 5.74) is 42.0. The molecule has 72 heavy (non-hydrogen) atoms. The number of amides is 7. The Morgan fingerprint density at radius 3 is 1.75 bits per heavy atom. The SMILES string of the molecule is C/C1=C2N=C(/C=C3N=C(/C(C)=C(/N)[C@H](CCC(N)=O)[C@](C)(CC(N)=O)[C@H](C)[C@@H]4N=C1[C@](C)(CCC(=O)NC[C@@H](C)O[P+](O)(O)O)[C@H]4CC(N)=O)[C@@](C)(CC(N)=O)[C@@H]/3CCC(N)=O)C(C)(C)[C@@H]/2CCC(N)=O.[Co+2]. The monoisotopic (exact) mass is 1070 g/mol. The molecule has 4 aliphatic rings. The molecule has 0 aliphatic carbocycles. The number of carbonyl (C=O) groups is 7. The zero-order chi connectivity index (χ0) is 53.9. The average molecular weight is 1070 g/mol. The third-order valence-electron chi connectivity index (χ3n) is 15.9. The van der Waals surface area contributed by atoms with Gasteiger partial charge in [0.1, 0.15) is 6.10 Å². The van der Waals surface area contributed by atoms with E-state index in [1.165, 1.54) is 6.92 Å². The van der Waals surface area contributed by atoms with Gasteiger partial charge >= 0.3 is 24.9 Å². The first-order valence-corrected chi connectivity index (χ1v) is 25.5. The largest absolute Gasteiger partial charge is 2.00 e. The van der Waals surface area contributed by atoms with Gasteiger partial charge in [-0.15, -0.1) is 4.52 Å². The summed E-state index contributed by atoms with van der Waals surface area (Å²) < 4.78 is 4.82. The fourth-order valence-electron chi connectivity index (χ4n) is 12.0. The summed E-state index contributed by atoms with van der Waals surface area (Å²) in [7, 11) is -4.61. The number of rotatable bonds is 22. The first kappa shape index (κ1) is 61.4. The molecule has 0 unspecified atom stereocenters. The van der Waals surface area contributed by atoms with Crippen molar-refractivity contribution in [2.75, 3.05) is 6.54 Å². The van der Waals surface area contributed by atoms with Crippen LogP contribution < -0.4 is 45.5 Å². The van der Waals surface area contributed by atoms with E-state index < -0.39 is 113 Å². The summed E-state index contributed by atoms with van der Waals surface area (Å²) in [5.74, 6) is -7.78. The van der Waals surface area contributed by atoms with Crippen LogP contribution in [0.15, 0.2) is 49.3 Å². The smallest absolute Gasteiger partial charge is 0.402 e. The van der Waals surface area contributed by atoms with Crippen LogP contribution in [0.3, 0.4) is 0 Å². The molecule has 4 heterocycles. The van der Waals surface area contributed by atoms with Gasteiger partial charge in [0.05, 0.1) is 11.8 Å². The van der Waals surface area contributed by atoms with Crippen LogP contribution in [0.2, 0.25) is 0 Å². The number of nitrogens with zero attached hydrogens (tertiary/aromatic N) is 3. The summed E-state index contributed by atoms with van der Waals surface area (Å²) in [6.45, 7) is 16.1. The predicted octanol–water partition coefficient (Wildman–Crippen LogP) is 1.65. The summed E-state index contributed by atoms with van der Waals surface area (Å²) >= 11 is 0. The first-order valence-electron chi connectivity index (χ1n) is 24.0. The van der Waals surface area contributed by atoms with E-state index in [0.717, 1.165) is 0 Å². The molecule has 0 aromatic heterocycles. The molecule has 0 aromatic carbocycles. The van der Waals surface area contributed by atoms with Gasteiger partial charge in [-0.1, -0.05) is 41.5 Å². The van der Waals surface area contributed by atoms with Crippen LogP contribution in [-0.2, 0) is 54.9 Å². The van der Waals surface area contributed by atoms with E-state index in [2.05, 4.69) is 5.32 Å². The third-order valence-corrected chi connectivity index (χ3v) is 16.6. The van der Waals surface area contributed by atoms with E-state index in [-0.39, 0.29) is 99.6 Å². The normalized spacial score (nSPS) is 32.3. The fraction of sp³-hybridized carbons (Fsp3) is 0.667. The minimum atomic E-state index is -4.61. The molecule has 4 aliphatic heterocycles. The molecule has 401 valence electrons. The van der Waals surface area contributed by atoms with E-state index in [1.54, 1.807) is 6.92 Å². The van der Waals surface area contributed by atoms with Crippen molar-refractivity contribution in [2.24, 2.45) is 106 Å². The standard InChI is InChI=1S/C48H76N11O11P.Co/c1-23(70-71(67,68)69)22-56-39(66)16-17-46(7)30(18-36(52)63)42-26(4)47(8,20-37(53)64)28(11-14-34(50)61)40(55)24(2)43-48(9,21-38(54)65)27(10-13-33(49)60)31(57-43)19-32-45(5,6)29(12-15-35(51)62)41(58-32)25(3)44(46)59-42;/h19,23,26-30,42,67-69H,10-18,20-22H2,1-9H3,(H14-,49,50,51,52,53,54,55,56,57,58,59,60,61,62,63,64,65,66);/q;+2/p+1/t23-,26-,27-,28+,29-,30+,42+,46-,47-,48+;/m1./s1. The average Bonchev–Trinajstić information content (AvgIpc) is 3.76. The number of fused-ring (bicyclic) bond motifs is 3. The molecule has 6 bridgehead atoms. The maximum absolute atomic E-state index is 13.7. The molecule has 0 aromatic rings. The Balaban J connectivity index is 0.0000137. The quantitative estimate of drug-likeness (QED) is 0.0690. The van der Waals surface area contributed by atoms with Crippen molar-refractivity contribution >= 4 is 66.7 Å². The molecule has 18 N–H and O–H groups in total. The zero-order valence-corrected chi connectivity index (χ0v) is 44.8. The van der Waals surface area contributed by atoms with E-state index >= 15 is 0 Å². The van der Waals surface area contributed by atoms with Gasteiger partial charge in [0.2, 0.25) is 41.4 Å². The van der Waals surface area contributed by atoms with Gasteiger partial charge in [0.15, 0.2) is 0 Å². The van der Waals surface area contributed by atoms with Gasteiger partial charge in [-0.05, 0) is 75.0 Å². The van der Waals surface area contributed by atoms with Crippen LogP contribution in [-0.4, -0.2) is 91.9 Å². The third kappa shape index (κ3) is 13.6. The molecule has 4 rings (SSSR count).